The molecule has 24 heavy (non-hydrogen) atoms. The standard InChI is InChI=1S/C14H15N5O5/c15-11-8-6(13-16-1-2-23-13)3-19(12(8)18-5-17-11)14-10(22)9(21)7(4-20)24-14/h1-3,5,7,9-10,14,20-22H,4H2,(H2,15,17,18). The van der Waals surface area contributed by atoms with Gasteiger partial charge >= 0.3 is 0 Å². The normalized spacial score (nSPS) is 27.1. The predicted molar refractivity (Wildman–Crippen MR) is 80.4 cm³/mol. The summed E-state index contributed by atoms with van der Waals surface area (Å²) in [6.45, 7) is -0.419. The van der Waals surface area contributed by atoms with Crippen LogP contribution >= 0.6 is 0 Å². The van der Waals surface area contributed by atoms with Crippen molar-refractivity contribution in [1.29, 1.82) is 0 Å². The molecule has 0 amide bonds. The third-order valence-electron chi connectivity index (χ3n) is 4.09. The number of aliphatic hydroxyl groups is 3. The van der Waals surface area contributed by atoms with E-state index in [1.807, 2.05) is 0 Å². The highest BCUT2D eigenvalue weighted by Gasteiger charge is 2.44. The zero-order valence-electron chi connectivity index (χ0n) is 12.4. The Kier molecular flexibility index (Phi) is 3.46. The van der Waals surface area contributed by atoms with Crippen LogP contribution in [0.2, 0.25) is 0 Å². The molecule has 3 aromatic rings. The van der Waals surface area contributed by atoms with Gasteiger partial charge in [-0.1, -0.05) is 0 Å². The van der Waals surface area contributed by atoms with Gasteiger partial charge in [0.1, 0.15) is 42.4 Å². The Balaban J connectivity index is 1.90. The number of nitrogen functional groups attached to an aromatic ring is 1. The maximum atomic E-state index is 10.3. The summed E-state index contributed by atoms with van der Waals surface area (Å²) >= 11 is 0. The summed E-state index contributed by atoms with van der Waals surface area (Å²) in [7, 11) is 0. The zero-order valence-corrected chi connectivity index (χ0v) is 12.4. The number of anilines is 1. The van der Waals surface area contributed by atoms with Gasteiger partial charge in [0.25, 0.3) is 0 Å². The minimum absolute atomic E-state index is 0.221. The largest absolute Gasteiger partial charge is 0.444 e. The van der Waals surface area contributed by atoms with Gasteiger partial charge in [0.15, 0.2) is 6.23 Å². The van der Waals surface area contributed by atoms with Crippen molar-refractivity contribution in [3.8, 4) is 11.5 Å². The van der Waals surface area contributed by atoms with E-state index in [0.29, 0.717) is 22.5 Å². The molecular formula is C14H15N5O5. The van der Waals surface area contributed by atoms with Crippen molar-refractivity contribution >= 4 is 16.9 Å². The molecule has 0 aliphatic carbocycles. The molecule has 0 radical (unpaired) electrons. The molecule has 4 unspecified atom stereocenters. The number of fused-ring (bicyclic) bond motifs is 1. The summed E-state index contributed by atoms with van der Waals surface area (Å²) in [4.78, 5) is 12.3. The second-order valence-corrected chi connectivity index (χ2v) is 5.47. The van der Waals surface area contributed by atoms with E-state index >= 15 is 0 Å². The number of oxazole rings is 1. The van der Waals surface area contributed by atoms with Crippen LogP contribution in [0.15, 0.2) is 29.4 Å². The van der Waals surface area contributed by atoms with Gasteiger partial charge in [-0.15, -0.1) is 0 Å². The van der Waals surface area contributed by atoms with Crippen molar-refractivity contribution in [2.24, 2.45) is 0 Å². The van der Waals surface area contributed by atoms with Crippen molar-refractivity contribution in [2.45, 2.75) is 24.5 Å². The molecule has 5 N–H and O–H groups in total. The van der Waals surface area contributed by atoms with Crippen LogP contribution in [-0.2, 0) is 4.74 Å². The smallest absolute Gasteiger partial charge is 0.228 e. The second kappa shape index (κ2) is 5.53. The van der Waals surface area contributed by atoms with Crippen LogP contribution in [0.1, 0.15) is 6.23 Å². The van der Waals surface area contributed by atoms with Crippen LogP contribution < -0.4 is 5.73 Å². The fraction of sp³-hybridized carbons (Fsp3) is 0.357. The van der Waals surface area contributed by atoms with Gasteiger partial charge in [-0.3, -0.25) is 0 Å². The molecule has 4 rings (SSSR count). The van der Waals surface area contributed by atoms with Crippen LogP contribution in [0.25, 0.3) is 22.5 Å². The van der Waals surface area contributed by atoms with E-state index in [1.54, 1.807) is 6.20 Å². The molecule has 4 heterocycles. The van der Waals surface area contributed by atoms with Gasteiger partial charge in [-0.25, -0.2) is 15.0 Å². The van der Waals surface area contributed by atoms with E-state index in [2.05, 4.69) is 15.0 Å². The quantitative estimate of drug-likeness (QED) is 0.486. The molecule has 1 aliphatic heterocycles. The van der Waals surface area contributed by atoms with Crippen molar-refractivity contribution in [2.75, 3.05) is 12.3 Å². The third kappa shape index (κ3) is 2.08. The average Bonchev–Trinajstić information content (AvgIpc) is 3.28. The number of nitrogens with zero attached hydrogens (tertiary/aromatic N) is 4. The monoisotopic (exact) mass is 333 g/mol. The minimum atomic E-state index is -1.24. The number of aliphatic hydroxyl groups excluding tert-OH is 3. The number of ether oxygens (including phenoxy) is 1. The van der Waals surface area contributed by atoms with Gasteiger partial charge < -0.3 is 34.8 Å². The highest BCUT2D eigenvalue weighted by atomic mass is 16.6. The maximum Gasteiger partial charge on any atom is 0.228 e. The van der Waals surface area contributed by atoms with E-state index in [4.69, 9.17) is 14.9 Å². The summed E-state index contributed by atoms with van der Waals surface area (Å²) in [6.07, 6.45) is 1.50. The van der Waals surface area contributed by atoms with Crippen molar-refractivity contribution in [3.63, 3.8) is 0 Å². The summed E-state index contributed by atoms with van der Waals surface area (Å²) in [5.41, 5.74) is 6.89. The molecule has 1 saturated heterocycles. The minimum Gasteiger partial charge on any atom is -0.444 e. The molecule has 0 spiro atoms. The first-order valence-corrected chi connectivity index (χ1v) is 7.25. The van der Waals surface area contributed by atoms with Crippen molar-refractivity contribution in [3.05, 3.63) is 25.0 Å². The number of hydrogen-bond donors (Lipinski definition) is 4. The van der Waals surface area contributed by atoms with Crippen molar-refractivity contribution < 1.29 is 24.5 Å². The molecule has 0 aromatic carbocycles. The van der Waals surface area contributed by atoms with Gasteiger partial charge in [0.05, 0.1) is 23.8 Å². The molecule has 126 valence electrons. The summed E-state index contributed by atoms with van der Waals surface area (Å²) in [5.74, 6) is 0.533. The Labute approximate surface area is 135 Å². The average molecular weight is 333 g/mol. The Morgan fingerprint density at radius 3 is 2.71 bits per heavy atom. The number of hydrogen-bond acceptors (Lipinski definition) is 9. The first kappa shape index (κ1) is 15.0. The summed E-state index contributed by atoms with van der Waals surface area (Å²) in [5, 5.41) is 30.0. The fourth-order valence-corrected chi connectivity index (χ4v) is 2.93. The number of aromatic nitrogens is 4. The number of nitrogens with two attached hydrogens (primary N) is 1. The Morgan fingerprint density at radius 2 is 2.04 bits per heavy atom. The Hall–Kier alpha value is -2.53. The van der Waals surface area contributed by atoms with Crippen molar-refractivity contribution in [1.82, 2.24) is 19.5 Å². The lowest BCUT2D eigenvalue weighted by Crippen LogP contribution is -2.33. The molecule has 0 saturated carbocycles. The van der Waals surface area contributed by atoms with E-state index in [0.717, 1.165) is 0 Å². The van der Waals surface area contributed by atoms with Crippen LogP contribution in [0.4, 0.5) is 5.82 Å². The SMILES string of the molecule is Nc1ncnc2c1c(-c1ncco1)cn2C1OC(CO)C(O)C1O. The van der Waals surface area contributed by atoms with E-state index in [1.165, 1.54) is 23.4 Å². The Morgan fingerprint density at radius 1 is 1.21 bits per heavy atom. The van der Waals surface area contributed by atoms with Gasteiger partial charge in [-0.2, -0.15) is 0 Å². The molecule has 10 heteroatoms. The Bertz CT molecular complexity index is 864. The third-order valence-corrected chi connectivity index (χ3v) is 4.09. The van der Waals surface area contributed by atoms with Crippen LogP contribution in [0.3, 0.4) is 0 Å². The lowest BCUT2D eigenvalue weighted by atomic mass is 10.1. The molecule has 0 bridgehead atoms. The van der Waals surface area contributed by atoms with Gasteiger partial charge in [0.2, 0.25) is 5.89 Å². The number of rotatable bonds is 3. The topological polar surface area (TPSA) is 153 Å². The van der Waals surface area contributed by atoms with E-state index in [9.17, 15) is 15.3 Å². The lowest BCUT2D eigenvalue weighted by Gasteiger charge is -2.17. The summed E-state index contributed by atoms with van der Waals surface area (Å²) < 4.78 is 12.4. The second-order valence-electron chi connectivity index (χ2n) is 5.47. The lowest BCUT2D eigenvalue weighted by molar-refractivity contribution is -0.0508. The van der Waals surface area contributed by atoms with Gasteiger partial charge in [0, 0.05) is 6.20 Å². The fourth-order valence-electron chi connectivity index (χ4n) is 2.93. The molecule has 1 fully saturated rings. The molecule has 3 aromatic heterocycles. The molecule has 1 aliphatic rings. The molecular weight excluding hydrogens is 318 g/mol. The maximum absolute atomic E-state index is 10.3. The van der Waals surface area contributed by atoms with E-state index in [-0.39, 0.29) is 5.82 Å². The van der Waals surface area contributed by atoms with E-state index < -0.39 is 31.1 Å². The zero-order chi connectivity index (χ0) is 16.8. The van der Waals surface area contributed by atoms with Crippen LogP contribution in [0, 0.1) is 0 Å². The molecule has 10 nitrogen and oxygen atoms in total. The predicted octanol–water partition coefficient (Wildman–Crippen LogP) is -0.720. The highest BCUT2D eigenvalue weighted by Crippen LogP contribution is 2.37. The molecule has 4 atom stereocenters. The summed E-state index contributed by atoms with van der Waals surface area (Å²) in [6, 6.07) is 0. The van der Waals surface area contributed by atoms with Gasteiger partial charge in [-0.05, 0) is 0 Å². The highest BCUT2D eigenvalue weighted by molar-refractivity contribution is 5.98. The van der Waals surface area contributed by atoms with Crippen LogP contribution in [0.5, 0.6) is 0 Å². The first-order valence-electron chi connectivity index (χ1n) is 7.25. The first-order chi connectivity index (χ1) is 11.6. The van der Waals surface area contributed by atoms with Crippen LogP contribution in [-0.4, -0.2) is 59.8 Å².